The van der Waals surface area contributed by atoms with Crippen molar-refractivity contribution >= 4 is 10.4 Å². The van der Waals surface area contributed by atoms with Crippen LogP contribution in [0.5, 0.6) is 0 Å². The fourth-order valence-electron chi connectivity index (χ4n) is 0.563. The predicted molar refractivity (Wildman–Crippen MR) is 40.2 cm³/mol. The number of hydroxylamine groups is 1. The fourth-order valence-corrected chi connectivity index (χ4v) is 0.796. The molecular weight excluding hydrogens is 170 g/mol. The molecule has 0 aromatic rings. The monoisotopic (exact) mass is 183 g/mol. The summed E-state index contributed by atoms with van der Waals surface area (Å²) in [6.45, 7) is 2.46. The van der Waals surface area contributed by atoms with Gasteiger partial charge in [0.1, 0.15) is 0 Å². The van der Waals surface area contributed by atoms with Gasteiger partial charge in [-0.25, -0.2) is 0 Å². The minimum atomic E-state index is -4.32. The third-order valence-corrected chi connectivity index (χ3v) is 1.38. The summed E-state index contributed by atoms with van der Waals surface area (Å²) in [5.41, 5.74) is 2.12. The Morgan fingerprint density at radius 1 is 1.45 bits per heavy atom. The largest absolute Gasteiger partial charge is 0.413 e. The smallest absolute Gasteiger partial charge is 0.262 e. The maximum absolute atomic E-state index is 9.93. The van der Waals surface area contributed by atoms with E-state index in [1.54, 1.807) is 0 Å². The quantitative estimate of drug-likeness (QED) is 0.356. The molecule has 0 aliphatic rings. The molecule has 5 nitrogen and oxygen atoms in total. The van der Waals surface area contributed by atoms with Gasteiger partial charge in [0.05, 0.1) is 0 Å². The van der Waals surface area contributed by atoms with Crippen molar-refractivity contribution in [2.75, 3.05) is 6.54 Å². The lowest BCUT2D eigenvalue weighted by Gasteiger charge is -1.99. The maximum Gasteiger partial charge on any atom is 0.413 e. The van der Waals surface area contributed by atoms with Gasteiger partial charge < -0.3 is 0 Å². The summed E-state index contributed by atoms with van der Waals surface area (Å²) in [5, 5.41) is 0. The van der Waals surface area contributed by atoms with Crippen molar-refractivity contribution in [1.82, 2.24) is 5.48 Å². The van der Waals surface area contributed by atoms with Gasteiger partial charge >= 0.3 is 10.4 Å². The van der Waals surface area contributed by atoms with Gasteiger partial charge in [-0.1, -0.05) is 19.8 Å². The second-order valence-electron chi connectivity index (χ2n) is 2.11. The van der Waals surface area contributed by atoms with Crippen LogP contribution in [0.1, 0.15) is 26.2 Å². The van der Waals surface area contributed by atoms with Crippen molar-refractivity contribution in [2.45, 2.75) is 26.2 Å². The molecule has 6 heteroatoms. The molecule has 0 aliphatic carbocycles. The SMILES string of the molecule is CCCCCNOS(=O)(=O)O. The van der Waals surface area contributed by atoms with E-state index in [1.807, 2.05) is 6.92 Å². The zero-order valence-electron chi connectivity index (χ0n) is 6.41. The van der Waals surface area contributed by atoms with Crippen molar-refractivity contribution < 1.29 is 17.3 Å². The standard InChI is InChI=1S/C5H13NO4S/c1-2-3-4-5-6-10-11(7,8)9/h6H,2-5H2,1H3,(H,7,8,9). The first-order chi connectivity index (χ1) is 5.06. The van der Waals surface area contributed by atoms with Crippen molar-refractivity contribution in [3.63, 3.8) is 0 Å². The van der Waals surface area contributed by atoms with Gasteiger partial charge in [0.25, 0.3) is 0 Å². The van der Waals surface area contributed by atoms with Crippen molar-refractivity contribution in [1.29, 1.82) is 0 Å². The second-order valence-corrected chi connectivity index (χ2v) is 3.13. The van der Waals surface area contributed by atoms with Crippen LogP contribution in [0, 0.1) is 0 Å². The van der Waals surface area contributed by atoms with Crippen molar-refractivity contribution in [2.24, 2.45) is 0 Å². The average molecular weight is 183 g/mol. The lowest BCUT2D eigenvalue weighted by Crippen LogP contribution is -2.20. The first-order valence-corrected chi connectivity index (χ1v) is 4.81. The van der Waals surface area contributed by atoms with Crippen LogP contribution in [0.25, 0.3) is 0 Å². The summed E-state index contributed by atoms with van der Waals surface area (Å²) in [5.74, 6) is 0. The minimum Gasteiger partial charge on any atom is -0.262 e. The summed E-state index contributed by atoms with van der Waals surface area (Å²) < 4.78 is 31.8. The summed E-state index contributed by atoms with van der Waals surface area (Å²) in [6, 6.07) is 0. The molecule has 0 saturated heterocycles. The maximum atomic E-state index is 9.93. The Labute approximate surface area is 66.7 Å². The van der Waals surface area contributed by atoms with Crippen LogP contribution in [0.15, 0.2) is 0 Å². The van der Waals surface area contributed by atoms with E-state index in [2.05, 4.69) is 9.76 Å². The van der Waals surface area contributed by atoms with Gasteiger partial charge in [0.15, 0.2) is 0 Å². The first kappa shape index (κ1) is 10.8. The van der Waals surface area contributed by atoms with Gasteiger partial charge in [-0.2, -0.15) is 18.2 Å². The van der Waals surface area contributed by atoms with E-state index in [0.29, 0.717) is 6.54 Å². The highest BCUT2D eigenvalue weighted by atomic mass is 32.3. The lowest BCUT2D eigenvalue weighted by molar-refractivity contribution is 0.173. The Kier molecular flexibility index (Phi) is 5.39. The minimum absolute atomic E-state index is 0.424. The average Bonchev–Trinajstić information content (AvgIpc) is 1.85. The molecule has 0 rings (SSSR count). The highest BCUT2D eigenvalue weighted by Crippen LogP contribution is 1.91. The number of hydrogen-bond acceptors (Lipinski definition) is 4. The molecule has 11 heavy (non-hydrogen) atoms. The van der Waals surface area contributed by atoms with Gasteiger partial charge in [0, 0.05) is 6.54 Å². The third-order valence-electron chi connectivity index (χ3n) is 1.05. The first-order valence-electron chi connectivity index (χ1n) is 3.45. The molecule has 0 spiro atoms. The molecule has 0 radical (unpaired) electrons. The molecule has 0 aliphatic heterocycles. The Balaban J connectivity index is 3.16. The van der Waals surface area contributed by atoms with Crippen LogP contribution in [0.3, 0.4) is 0 Å². The molecule has 0 unspecified atom stereocenters. The number of rotatable bonds is 6. The van der Waals surface area contributed by atoms with Crippen LogP contribution in [-0.2, 0) is 14.7 Å². The zero-order valence-corrected chi connectivity index (χ0v) is 7.23. The van der Waals surface area contributed by atoms with Gasteiger partial charge in [-0.05, 0) is 6.42 Å². The number of nitrogens with one attached hydrogen (secondary N) is 1. The lowest BCUT2D eigenvalue weighted by atomic mass is 10.3. The molecule has 68 valence electrons. The van der Waals surface area contributed by atoms with E-state index in [-0.39, 0.29) is 0 Å². The van der Waals surface area contributed by atoms with Crippen LogP contribution >= 0.6 is 0 Å². The number of hydrogen-bond donors (Lipinski definition) is 2. The van der Waals surface area contributed by atoms with Crippen molar-refractivity contribution in [3.8, 4) is 0 Å². The topological polar surface area (TPSA) is 75.6 Å². The second kappa shape index (κ2) is 5.48. The van der Waals surface area contributed by atoms with Gasteiger partial charge in [-0.15, -0.1) is 0 Å². The van der Waals surface area contributed by atoms with E-state index in [4.69, 9.17) is 4.55 Å². The Morgan fingerprint density at radius 3 is 2.55 bits per heavy atom. The zero-order chi connectivity index (χ0) is 8.74. The van der Waals surface area contributed by atoms with E-state index in [9.17, 15) is 8.42 Å². The molecule has 0 amide bonds. The molecule has 0 bridgehead atoms. The van der Waals surface area contributed by atoms with Crippen LogP contribution < -0.4 is 5.48 Å². The molecule has 0 fully saturated rings. The summed E-state index contributed by atoms with van der Waals surface area (Å²) in [4.78, 5) is 0. The third kappa shape index (κ3) is 9.83. The van der Waals surface area contributed by atoms with E-state index in [0.717, 1.165) is 19.3 Å². The molecule has 0 aromatic heterocycles. The fraction of sp³-hybridized carbons (Fsp3) is 1.00. The molecule has 0 atom stereocenters. The van der Waals surface area contributed by atoms with Gasteiger partial charge in [0.2, 0.25) is 0 Å². The summed E-state index contributed by atoms with van der Waals surface area (Å²) in [7, 11) is -4.32. The van der Waals surface area contributed by atoms with Crippen LogP contribution in [0.2, 0.25) is 0 Å². The predicted octanol–water partition coefficient (Wildman–Crippen LogP) is 0.501. The highest BCUT2D eigenvalue weighted by Gasteiger charge is 2.01. The number of unbranched alkanes of at least 4 members (excludes halogenated alkanes) is 2. The Hall–Kier alpha value is -0.170. The van der Waals surface area contributed by atoms with Crippen LogP contribution in [0.4, 0.5) is 0 Å². The molecule has 2 N–H and O–H groups in total. The van der Waals surface area contributed by atoms with E-state index < -0.39 is 10.4 Å². The highest BCUT2D eigenvalue weighted by molar-refractivity contribution is 7.80. The van der Waals surface area contributed by atoms with Gasteiger partial charge in [-0.3, -0.25) is 4.55 Å². The normalized spacial score (nSPS) is 11.8. The molecule has 0 heterocycles. The van der Waals surface area contributed by atoms with Crippen LogP contribution in [-0.4, -0.2) is 19.5 Å². The summed E-state index contributed by atoms with van der Waals surface area (Å²) >= 11 is 0. The Morgan fingerprint density at radius 2 is 2.09 bits per heavy atom. The Bertz CT molecular complexity index is 177. The molecule has 0 saturated carbocycles. The van der Waals surface area contributed by atoms with Crippen molar-refractivity contribution in [3.05, 3.63) is 0 Å². The van der Waals surface area contributed by atoms with E-state index >= 15 is 0 Å². The summed E-state index contributed by atoms with van der Waals surface area (Å²) in [6.07, 6.45) is 2.88. The molecule has 0 aromatic carbocycles. The molecular formula is C5H13NO4S. The van der Waals surface area contributed by atoms with E-state index in [1.165, 1.54) is 0 Å².